The highest BCUT2D eigenvalue weighted by molar-refractivity contribution is 6.31. The first-order chi connectivity index (χ1) is 6.55. The zero-order chi connectivity index (χ0) is 10.6. The Hall–Kier alpha value is -0.830. The van der Waals surface area contributed by atoms with Crippen molar-refractivity contribution >= 4 is 17.4 Å². The van der Waals surface area contributed by atoms with E-state index in [4.69, 9.17) is 11.6 Å². The Bertz CT molecular complexity index is 299. The summed E-state index contributed by atoms with van der Waals surface area (Å²) in [6, 6.07) is 0. The summed E-state index contributed by atoms with van der Waals surface area (Å²) in [5.74, 6) is 0.660. The van der Waals surface area contributed by atoms with Gasteiger partial charge in [-0.25, -0.2) is 9.97 Å². The Kier molecular flexibility index (Phi) is 3.69. The molecule has 1 rings (SSSR count). The first-order valence-electron chi connectivity index (χ1n) is 4.80. The number of hydrogen-bond donors (Lipinski definition) is 1. The summed E-state index contributed by atoms with van der Waals surface area (Å²) in [5, 5.41) is 3.71. The Morgan fingerprint density at radius 2 is 2.00 bits per heavy atom. The zero-order valence-corrected chi connectivity index (χ0v) is 9.60. The van der Waals surface area contributed by atoms with Gasteiger partial charge in [0.1, 0.15) is 0 Å². The number of rotatable bonds is 4. The van der Waals surface area contributed by atoms with Gasteiger partial charge < -0.3 is 5.32 Å². The molecule has 0 aliphatic rings. The third-order valence-electron chi connectivity index (χ3n) is 1.99. The van der Waals surface area contributed by atoms with Crippen LogP contribution in [0.5, 0.6) is 0 Å². The minimum absolute atomic E-state index is 0.00836. The van der Waals surface area contributed by atoms with E-state index in [-0.39, 0.29) is 5.54 Å². The first kappa shape index (κ1) is 11.2. The third-order valence-corrected chi connectivity index (χ3v) is 2.26. The lowest BCUT2D eigenvalue weighted by Crippen LogP contribution is -2.31. The fourth-order valence-electron chi connectivity index (χ4n) is 1.41. The highest BCUT2D eigenvalue weighted by Crippen LogP contribution is 2.22. The van der Waals surface area contributed by atoms with E-state index >= 15 is 0 Å². The molecule has 3 nitrogen and oxygen atoms in total. The van der Waals surface area contributed by atoms with Gasteiger partial charge in [0.05, 0.1) is 0 Å². The molecule has 0 bridgehead atoms. The quantitative estimate of drug-likeness (QED) is 0.835. The molecule has 4 heteroatoms. The van der Waals surface area contributed by atoms with Gasteiger partial charge in [-0.15, -0.1) is 0 Å². The molecule has 1 aromatic rings. The van der Waals surface area contributed by atoms with Gasteiger partial charge in [-0.2, -0.15) is 0 Å². The molecule has 0 unspecified atom stereocenters. The molecular formula is C10H16ClN3. The lowest BCUT2D eigenvalue weighted by molar-refractivity contribution is 0.509. The Morgan fingerprint density at radius 3 is 2.57 bits per heavy atom. The van der Waals surface area contributed by atoms with Gasteiger partial charge in [0.2, 0.25) is 0 Å². The van der Waals surface area contributed by atoms with Crippen LogP contribution in [0, 0.1) is 0 Å². The van der Waals surface area contributed by atoms with Crippen molar-refractivity contribution < 1.29 is 0 Å². The number of nitrogens with zero attached hydrogens (tertiary/aromatic N) is 2. The summed E-state index contributed by atoms with van der Waals surface area (Å²) in [4.78, 5) is 8.10. The van der Waals surface area contributed by atoms with Gasteiger partial charge in [0, 0.05) is 17.9 Å². The fraction of sp³-hybridized carbons (Fsp3) is 0.600. The monoisotopic (exact) mass is 213 g/mol. The second kappa shape index (κ2) is 4.60. The van der Waals surface area contributed by atoms with Crippen LogP contribution in [0.2, 0.25) is 5.15 Å². The van der Waals surface area contributed by atoms with E-state index < -0.39 is 0 Å². The van der Waals surface area contributed by atoms with E-state index in [2.05, 4.69) is 36.1 Å². The van der Waals surface area contributed by atoms with Crippen LogP contribution in [-0.4, -0.2) is 15.5 Å². The van der Waals surface area contributed by atoms with E-state index in [1.807, 2.05) is 0 Å². The fourth-order valence-corrected chi connectivity index (χ4v) is 1.57. The number of anilines is 1. The topological polar surface area (TPSA) is 37.8 Å². The molecule has 1 aromatic heterocycles. The number of hydrogen-bond acceptors (Lipinski definition) is 3. The molecule has 0 saturated heterocycles. The second-order valence-corrected chi connectivity index (χ2v) is 4.31. The van der Waals surface area contributed by atoms with Crippen LogP contribution in [0.25, 0.3) is 0 Å². The SMILES string of the molecule is CCCC(C)(C)Nc1nccnc1Cl. The summed E-state index contributed by atoms with van der Waals surface area (Å²) in [6.45, 7) is 6.41. The molecule has 0 amide bonds. The molecule has 0 saturated carbocycles. The van der Waals surface area contributed by atoms with Gasteiger partial charge in [-0.1, -0.05) is 24.9 Å². The average molecular weight is 214 g/mol. The van der Waals surface area contributed by atoms with Crippen LogP contribution in [0.1, 0.15) is 33.6 Å². The Labute approximate surface area is 89.9 Å². The molecule has 0 spiro atoms. The molecular weight excluding hydrogens is 198 g/mol. The minimum atomic E-state index is 0.00836. The summed E-state index contributed by atoms with van der Waals surface area (Å²) in [5.41, 5.74) is 0.00836. The maximum Gasteiger partial charge on any atom is 0.171 e. The number of nitrogens with one attached hydrogen (secondary N) is 1. The lowest BCUT2D eigenvalue weighted by Gasteiger charge is -2.26. The molecule has 0 atom stereocenters. The summed E-state index contributed by atoms with van der Waals surface area (Å²) in [7, 11) is 0. The molecule has 1 heterocycles. The largest absolute Gasteiger partial charge is 0.363 e. The normalized spacial score (nSPS) is 11.4. The van der Waals surface area contributed by atoms with Crippen molar-refractivity contribution in [2.45, 2.75) is 39.2 Å². The van der Waals surface area contributed by atoms with Gasteiger partial charge in [-0.05, 0) is 20.3 Å². The maximum atomic E-state index is 5.89. The van der Waals surface area contributed by atoms with Crippen molar-refractivity contribution in [1.29, 1.82) is 0 Å². The molecule has 1 N–H and O–H groups in total. The van der Waals surface area contributed by atoms with Crippen LogP contribution in [-0.2, 0) is 0 Å². The van der Waals surface area contributed by atoms with Crippen LogP contribution in [0.3, 0.4) is 0 Å². The maximum absolute atomic E-state index is 5.89. The second-order valence-electron chi connectivity index (χ2n) is 3.95. The van der Waals surface area contributed by atoms with E-state index in [0.29, 0.717) is 11.0 Å². The van der Waals surface area contributed by atoms with E-state index in [1.54, 1.807) is 12.4 Å². The molecule has 0 fully saturated rings. The van der Waals surface area contributed by atoms with Crippen LogP contribution < -0.4 is 5.32 Å². The van der Waals surface area contributed by atoms with Crippen molar-refractivity contribution in [2.75, 3.05) is 5.32 Å². The molecule has 0 radical (unpaired) electrons. The molecule has 78 valence electrons. The smallest absolute Gasteiger partial charge is 0.171 e. The van der Waals surface area contributed by atoms with Gasteiger partial charge in [-0.3, -0.25) is 0 Å². The van der Waals surface area contributed by atoms with Crippen molar-refractivity contribution in [1.82, 2.24) is 9.97 Å². The minimum Gasteiger partial charge on any atom is -0.363 e. The Morgan fingerprint density at radius 1 is 1.36 bits per heavy atom. The average Bonchev–Trinajstić information content (AvgIpc) is 2.08. The van der Waals surface area contributed by atoms with E-state index in [0.717, 1.165) is 12.8 Å². The summed E-state index contributed by atoms with van der Waals surface area (Å²) < 4.78 is 0. The highest BCUT2D eigenvalue weighted by Gasteiger charge is 2.17. The standard InChI is InChI=1S/C10H16ClN3/c1-4-5-10(2,3)14-9-8(11)12-6-7-13-9/h6-7H,4-5H2,1-3H3,(H,13,14). The predicted molar refractivity (Wildman–Crippen MR) is 59.7 cm³/mol. The molecule has 14 heavy (non-hydrogen) atoms. The van der Waals surface area contributed by atoms with Crippen LogP contribution in [0.15, 0.2) is 12.4 Å². The Balaban J connectivity index is 2.73. The lowest BCUT2D eigenvalue weighted by atomic mass is 9.99. The van der Waals surface area contributed by atoms with Gasteiger partial charge in [0.15, 0.2) is 11.0 Å². The third kappa shape index (κ3) is 3.14. The van der Waals surface area contributed by atoms with Crippen LogP contribution in [0.4, 0.5) is 5.82 Å². The number of aromatic nitrogens is 2. The summed E-state index contributed by atoms with van der Waals surface area (Å²) in [6.07, 6.45) is 5.41. The van der Waals surface area contributed by atoms with E-state index in [1.165, 1.54) is 0 Å². The molecule has 0 aliphatic heterocycles. The van der Waals surface area contributed by atoms with E-state index in [9.17, 15) is 0 Å². The van der Waals surface area contributed by atoms with Crippen molar-refractivity contribution in [2.24, 2.45) is 0 Å². The summed E-state index contributed by atoms with van der Waals surface area (Å²) >= 11 is 5.89. The van der Waals surface area contributed by atoms with Gasteiger partial charge in [0.25, 0.3) is 0 Å². The van der Waals surface area contributed by atoms with Crippen molar-refractivity contribution in [3.63, 3.8) is 0 Å². The predicted octanol–water partition coefficient (Wildman–Crippen LogP) is 3.12. The van der Waals surface area contributed by atoms with Crippen molar-refractivity contribution in [3.05, 3.63) is 17.5 Å². The zero-order valence-electron chi connectivity index (χ0n) is 8.84. The van der Waals surface area contributed by atoms with Gasteiger partial charge >= 0.3 is 0 Å². The molecule has 0 aliphatic carbocycles. The highest BCUT2D eigenvalue weighted by atomic mass is 35.5. The van der Waals surface area contributed by atoms with Crippen molar-refractivity contribution in [3.8, 4) is 0 Å². The first-order valence-corrected chi connectivity index (χ1v) is 5.17. The molecule has 0 aromatic carbocycles. The number of halogens is 1. The van der Waals surface area contributed by atoms with Crippen LogP contribution >= 0.6 is 11.6 Å².